The summed E-state index contributed by atoms with van der Waals surface area (Å²) >= 11 is 0. The summed E-state index contributed by atoms with van der Waals surface area (Å²) in [6.45, 7) is 0. The Morgan fingerprint density at radius 2 is 2.18 bits per heavy atom. The van der Waals surface area contributed by atoms with Crippen LogP contribution in [0.2, 0.25) is 0 Å². The largest absolute Gasteiger partial charge is 0.508 e. The highest BCUT2D eigenvalue weighted by molar-refractivity contribution is 5.79. The van der Waals surface area contributed by atoms with E-state index in [0.717, 1.165) is 6.07 Å². The zero-order chi connectivity index (χ0) is 7.84. The fourth-order valence-electron chi connectivity index (χ4n) is 1.02. The van der Waals surface area contributed by atoms with Crippen LogP contribution in [0, 0.1) is 5.82 Å². The molecule has 11 heavy (non-hydrogen) atoms. The van der Waals surface area contributed by atoms with Gasteiger partial charge in [-0.15, -0.1) is 0 Å². The molecule has 0 spiro atoms. The first-order valence-electron chi connectivity index (χ1n) is 3.13. The van der Waals surface area contributed by atoms with Crippen molar-refractivity contribution in [3.05, 3.63) is 30.3 Å². The third-order valence-electron chi connectivity index (χ3n) is 1.49. The summed E-state index contributed by atoms with van der Waals surface area (Å²) in [6.07, 6.45) is 1.38. The highest BCUT2D eigenvalue weighted by Crippen LogP contribution is 2.23. The average Bonchev–Trinajstić information content (AvgIpc) is 2.34. The summed E-state index contributed by atoms with van der Waals surface area (Å²) in [7, 11) is 0. The fraction of sp³-hybridized carbons (Fsp3) is 0. The molecular formula is C8H5FO2. The standard InChI is InChI=1S/C8H5FO2/c9-7-4-6(10)3-5-1-2-11-8(5)7/h1-4,10H. The monoisotopic (exact) mass is 152 g/mol. The minimum Gasteiger partial charge on any atom is -0.508 e. The normalized spacial score (nSPS) is 10.6. The summed E-state index contributed by atoms with van der Waals surface area (Å²) in [6, 6.07) is 4.06. The van der Waals surface area contributed by atoms with Crippen LogP contribution >= 0.6 is 0 Å². The van der Waals surface area contributed by atoms with Crippen molar-refractivity contribution in [2.75, 3.05) is 0 Å². The van der Waals surface area contributed by atoms with Gasteiger partial charge in [-0.1, -0.05) is 0 Å². The van der Waals surface area contributed by atoms with Crippen LogP contribution in [0.1, 0.15) is 0 Å². The van der Waals surface area contributed by atoms with E-state index in [1.54, 1.807) is 6.07 Å². The molecule has 0 radical (unpaired) electrons. The number of hydrogen-bond acceptors (Lipinski definition) is 2. The zero-order valence-electron chi connectivity index (χ0n) is 5.54. The first kappa shape index (κ1) is 6.22. The van der Waals surface area contributed by atoms with Crippen molar-refractivity contribution in [3.63, 3.8) is 0 Å². The molecule has 1 N–H and O–H groups in total. The van der Waals surface area contributed by atoms with Gasteiger partial charge in [-0.2, -0.15) is 0 Å². The molecule has 3 heteroatoms. The van der Waals surface area contributed by atoms with Crippen LogP contribution in [0.3, 0.4) is 0 Å². The summed E-state index contributed by atoms with van der Waals surface area (Å²) < 4.78 is 17.6. The van der Waals surface area contributed by atoms with Crippen molar-refractivity contribution in [1.29, 1.82) is 0 Å². The summed E-state index contributed by atoms with van der Waals surface area (Å²) in [5, 5.41) is 9.52. The van der Waals surface area contributed by atoms with Gasteiger partial charge >= 0.3 is 0 Å². The lowest BCUT2D eigenvalue weighted by Crippen LogP contribution is -1.73. The second-order valence-corrected chi connectivity index (χ2v) is 2.27. The average molecular weight is 152 g/mol. The van der Waals surface area contributed by atoms with Crippen LogP contribution < -0.4 is 0 Å². The third-order valence-corrected chi connectivity index (χ3v) is 1.49. The smallest absolute Gasteiger partial charge is 0.169 e. The van der Waals surface area contributed by atoms with Gasteiger partial charge in [-0.25, -0.2) is 4.39 Å². The summed E-state index contributed by atoms with van der Waals surface area (Å²) in [5.41, 5.74) is 0.183. The van der Waals surface area contributed by atoms with Gasteiger partial charge in [0.1, 0.15) is 5.75 Å². The van der Waals surface area contributed by atoms with Gasteiger partial charge < -0.3 is 9.52 Å². The first-order valence-corrected chi connectivity index (χ1v) is 3.13. The second-order valence-electron chi connectivity index (χ2n) is 2.27. The minimum absolute atomic E-state index is 0.0867. The lowest BCUT2D eigenvalue weighted by atomic mass is 10.2. The van der Waals surface area contributed by atoms with Crippen molar-refractivity contribution in [3.8, 4) is 5.75 Å². The van der Waals surface area contributed by atoms with Crippen LogP contribution in [0.4, 0.5) is 4.39 Å². The lowest BCUT2D eigenvalue weighted by molar-refractivity contribution is 0.468. The molecule has 0 bridgehead atoms. The molecule has 1 aromatic carbocycles. The Hall–Kier alpha value is -1.51. The Kier molecular flexibility index (Phi) is 1.12. The molecule has 0 aliphatic heterocycles. The molecule has 2 rings (SSSR count). The third kappa shape index (κ3) is 0.852. The van der Waals surface area contributed by atoms with E-state index in [0.29, 0.717) is 5.39 Å². The number of furan rings is 1. The Morgan fingerprint density at radius 3 is 3.00 bits per heavy atom. The Bertz CT molecular complexity index is 392. The van der Waals surface area contributed by atoms with E-state index in [2.05, 4.69) is 0 Å². The predicted molar refractivity (Wildman–Crippen MR) is 37.8 cm³/mol. The maximum absolute atomic E-state index is 12.8. The van der Waals surface area contributed by atoms with Gasteiger partial charge in [0.15, 0.2) is 11.4 Å². The molecule has 1 aromatic heterocycles. The van der Waals surface area contributed by atoms with Crippen LogP contribution in [-0.2, 0) is 0 Å². The topological polar surface area (TPSA) is 33.4 Å². The molecule has 0 saturated heterocycles. The van der Waals surface area contributed by atoms with Crippen LogP contribution in [0.15, 0.2) is 28.9 Å². The van der Waals surface area contributed by atoms with Gasteiger partial charge in [-0.05, 0) is 12.1 Å². The predicted octanol–water partition coefficient (Wildman–Crippen LogP) is 2.28. The number of phenols is 1. The molecule has 0 saturated carbocycles. The molecule has 0 aliphatic carbocycles. The molecule has 1 heterocycles. The van der Waals surface area contributed by atoms with Gasteiger partial charge in [0.2, 0.25) is 0 Å². The van der Waals surface area contributed by atoms with E-state index in [4.69, 9.17) is 9.52 Å². The molecule has 0 fully saturated rings. The zero-order valence-corrected chi connectivity index (χ0v) is 5.54. The van der Waals surface area contributed by atoms with Gasteiger partial charge in [0.25, 0.3) is 0 Å². The highest BCUT2D eigenvalue weighted by Gasteiger charge is 2.04. The Labute approximate surface area is 61.9 Å². The number of phenolic OH excluding ortho intramolecular Hbond substituents is 1. The van der Waals surface area contributed by atoms with Crippen LogP contribution in [0.5, 0.6) is 5.75 Å². The number of benzene rings is 1. The van der Waals surface area contributed by atoms with E-state index in [1.165, 1.54) is 12.3 Å². The van der Waals surface area contributed by atoms with Gasteiger partial charge in [0, 0.05) is 11.5 Å². The molecule has 56 valence electrons. The van der Waals surface area contributed by atoms with Crippen LogP contribution in [-0.4, -0.2) is 5.11 Å². The maximum Gasteiger partial charge on any atom is 0.169 e. The van der Waals surface area contributed by atoms with E-state index >= 15 is 0 Å². The number of rotatable bonds is 0. The molecule has 0 amide bonds. The number of hydrogen-bond donors (Lipinski definition) is 1. The molecule has 0 unspecified atom stereocenters. The van der Waals surface area contributed by atoms with Crippen LogP contribution in [0.25, 0.3) is 11.0 Å². The van der Waals surface area contributed by atoms with Crippen molar-refractivity contribution >= 4 is 11.0 Å². The molecule has 2 nitrogen and oxygen atoms in total. The fourth-order valence-corrected chi connectivity index (χ4v) is 1.02. The maximum atomic E-state index is 12.8. The second kappa shape index (κ2) is 1.99. The quantitative estimate of drug-likeness (QED) is 0.628. The number of halogens is 1. The van der Waals surface area contributed by atoms with E-state index in [9.17, 15) is 4.39 Å². The van der Waals surface area contributed by atoms with E-state index in [-0.39, 0.29) is 11.3 Å². The van der Waals surface area contributed by atoms with Crippen molar-refractivity contribution in [2.45, 2.75) is 0 Å². The van der Waals surface area contributed by atoms with E-state index < -0.39 is 5.82 Å². The summed E-state index contributed by atoms with van der Waals surface area (Å²) in [5.74, 6) is -0.624. The molecule has 0 atom stereocenters. The van der Waals surface area contributed by atoms with Crippen molar-refractivity contribution in [2.24, 2.45) is 0 Å². The van der Waals surface area contributed by atoms with Gasteiger partial charge in [-0.3, -0.25) is 0 Å². The Morgan fingerprint density at radius 1 is 1.36 bits per heavy atom. The summed E-state index contributed by atoms with van der Waals surface area (Å²) in [4.78, 5) is 0. The van der Waals surface area contributed by atoms with Gasteiger partial charge in [0.05, 0.1) is 6.26 Å². The molecule has 2 aromatic rings. The minimum atomic E-state index is -0.537. The first-order chi connectivity index (χ1) is 5.27. The van der Waals surface area contributed by atoms with E-state index in [1.807, 2.05) is 0 Å². The van der Waals surface area contributed by atoms with Crippen molar-refractivity contribution in [1.82, 2.24) is 0 Å². The Balaban J connectivity index is 2.91. The SMILES string of the molecule is Oc1cc(F)c2occc2c1. The molecule has 0 aliphatic rings. The molecular weight excluding hydrogens is 147 g/mol. The highest BCUT2D eigenvalue weighted by atomic mass is 19.1. The lowest BCUT2D eigenvalue weighted by Gasteiger charge is -1.92. The van der Waals surface area contributed by atoms with Crippen molar-refractivity contribution < 1.29 is 13.9 Å². The number of aromatic hydroxyl groups is 1. The number of fused-ring (bicyclic) bond motifs is 1.